The van der Waals surface area contributed by atoms with Crippen molar-refractivity contribution < 1.29 is 0 Å². The van der Waals surface area contributed by atoms with E-state index in [1.807, 2.05) is 12.1 Å². The monoisotopic (exact) mass is 285 g/mol. The highest BCUT2D eigenvalue weighted by Gasteiger charge is 2.33. The molecule has 0 spiro atoms. The molecule has 1 atom stereocenters. The van der Waals surface area contributed by atoms with Gasteiger partial charge in [0.15, 0.2) is 0 Å². The van der Waals surface area contributed by atoms with Gasteiger partial charge in [0.1, 0.15) is 0 Å². The van der Waals surface area contributed by atoms with Crippen molar-refractivity contribution in [3.8, 4) is 0 Å². The van der Waals surface area contributed by atoms with E-state index in [1.54, 1.807) is 0 Å². The summed E-state index contributed by atoms with van der Waals surface area (Å²) in [5.41, 5.74) is 1.53. The van der Waals surface area contributed by atoms with Crippen LogP contribution in [0.1, 0.15) is 38.7 Å². The predicted molar refractivity (Wildman–Crippen MR) is 79.6 cm³/mol. The van der Waals surface area contributed by atoms with Crippen LogP contribution in [0.3, 0.4) is 0 Å². The molecule has 1 nitrogen and oxygen atoms in total. The minimum absolute atomic E-state index is 0.255. The first-order valence-electron chi connectivity index (χ1n) is 6.70. The van der Waals surface area contributed by atoms with E-state index in [-0.39, 0.29) is 5.54 Å². The Morgan fingerprint density at radius 1 is 1.28 bits per heavy atom. The minimum atomic E-state index is 0.255. The molecule has 1 aliphatic heterocycles. The molecule has 1 fully saturated rings. The third-order valence-electron chi connectivity index (χ3n) is 3.66. The maximum atomic E-state index is 6.10. The lowest BCUT2D eigenvalue weighted by atomic mass is 9.82. The number of halogens is 2. The van der Waals surface area contributed by atoms with Gasteiger partial charge in [-0.1, -0.05) is 43.1 Å². The fourth-order valence-corrected chi connectivity index (χ4v) is 3.41. The van der Waals surface area contributed by atoms with Crippen molar-refractivity contribution in [2.75, 3.05) is 6.54 Å². The molecule has 0 aliphatic carbocycles. The van der Waals surface area contributed by atoms with Crippen LogP contribution in [0.15, 0.2) is 18.2 Å². The molecule has 1 N–H and O–H groups in total. The summed E-state index contributed by atoms with van der Waals surface area (Å²) >= 11 is 12.1. The van der Waals surface area contributed by atoms with Crippen molar-refractivity contribution in [1.82, 2.24) is 5.32 Å². The molecule has 0 amide bonds. The van der Waals surface area contributed by atoms with Gasteiger partial charge >= 0.3 is 0 Å². The quantitative estimate of drug-likeness (QED) is 0.845. The summed E-state index contributed by atoms with van der Waals surface area (Å²) in [4.78, 5) is 0. The topological polar surface area (TPSA) is 12.0 Å². The van der Waals surface area contributed by atoms with Crippen molar-refractivity contribution in [1.29, 1.82) is 0 Å². The normalized spacial score (nSPS) is 23.8. The molecule has 0 radical (unpaired) electrons. The van der Waals surface area contributed by atoms with Crippen LogP contribution in [0, 0.1) is 5.92 Å². The van der Waals surface area contributed by atoms with E-state index in [4.69, 9.17) is 23.2 Å². The Labute approximate surface area is 120 Å². The molecule has 0 aromatic heterocycles. The highest BCUT2D eigenvalue weighted by atomic mass is 35.5. The van der Waals surface area contributed by atoms with Crippen molar-refractivity contribution in [3.63, 3.8) is 0 Å². The number of hydrogen-bond donors (Lipinski definition) is 1. The van der Waals surface area contributed by atoms with Crippen molar-refractivity contribution in [3.05, 3.63) is 33.8 Å². The van der Waals surface area contributed by atoms with Crippen LogP contribution in [0.25, 0.3) is 0 Å². The molecule has 1 saturated heterocycles. The third-order valence-corrected chi connectivity index (χ3v) is 4.40. The average molecular weight is 286 g/mol. The molecular formula is C15H21Cl2N. The lowest BCUT2D eigenvalue weighted by molar-refractivity contribution is 0.301. The van der Waals surface area contributed by atoms with Crippen LogP contribution in [0.5, 0.6) is 0 Å². The second-order valence-corrected chi connectivity index (χ2v) is 6.65. The summed E-state index contributed by atoms with van der Waals surface area (Å²) < 4.78 is 0. The zero-order valence-electron chi connectivity index (χ0n) is 11.1. The maximum Gasteiger partial charge on any atom is 0.0595 e. The van der Waals surface area contributed by atoms with Gasteiger partial charge in [0.25, 0.3) is 0 Å². The van der Waals surface area contributed by atoms with Crippen LogP contribution in [0.2, 0.25) is 10.0 Å². The highest BCUT2D eigenvalue weighted by Crippen LogP contribution is 2.32. The Hall–Kier alpha value is -0.240. The molecule has 3 heteroatoms. The van der Waals surface area contributed by atoms with Crippen molar-refractivity contribution in [2.45, 2.75) is 45.1 Å². The zero-order chi connectivity index (χ0) is 13.2. The molecule has 18 heavy (non-hydrogen) atoms. The van der Waals surface area contributed by atoms with Gasteiger partial charge in [-0.15, -0.1) is 0 Å². The Balaban J connectivity index is 2.15. The van der Waals surface area contributed by atoms with Gasteiger partial charge in [-0.3, -0.25) is 0 Å². The van der Waals surface area contributed by atoms with Crippen LogP contribution >= 0.6 is 23.2 Å². The fourth-order valence-electron chi connectivity index (χ4n) is 3.09. The third kappa shape index (κ3) is 3.40. The molecule has 0 bridgehead atoms. The van der Waals surface area contributed by atoms with Gasteiger partial charge in [-0.25, -0.2) is 0 Å². The predicted octanol–water partition coefficient (Wildman–Crippen LogP) is 4.70. The molecule has 0 saturated carbocycles. The molecule has 1 aromatic rings. The molecule has 2 rings (SSSR count). The first-order valence-corrected chi connectivity index (χ1v) is 7.45. The number of rotatable bonds is 4. The minimum Gasteiger partial charge on any atom is -0.311 e. The second kappa shape index (κ2) is 5.81. The van der Waals surface area contributed by atoms with Gasteiger partial charge in [0, 0.05) is 5.54 Å². The smallest absolute Gasteiger partial charge is 0.0595 e. The Bertz CT molecular complexity index is 409. The summed E-state index contributed by atoms with van der Waals surface area (Å²) in [5.74, 6) is 0.707. The van der Waals surface area contributed by atoms with E-state index in [0.29, 0.717) is 16.0 Å². The van der Waals surface area contributed by atoms with Gasteiger partial charge < -0.3 is 5.32 Å². The molecule has 1 heterocycles. The van der Waals surface area contributed by atoms with Crippen LogP contribution in [0.4, 0.5) is 0 Å². The summed E-state index contributed by atoms with van der Waals surface area (Å²) in [6.07, 6.45) is 4.79. The first kappa shape index (κ1) is 14.2. The summed E-state index contributed by atoms with van der Waals surface area (Å²) in [5, 5.41) is 5.00. The lowest BCUT2D eigenvalue weighted by Gasteiger charge is -2.32. The molecular weight excluding hydrogens is 265 g/mol. The van der Waals surface area contributed by atoms with E-state index in [1.165, 1.54) is 24.8 Å². The average Bonchev–Trinajstić information content (AvgIpc) is 2.71. The van der Waals surface area contributed by atoms with E-state index in [0.717, 1.165) is 13.0 Å². The second-order valence-electron chi connectivity index (χ2n) is 5.83. The Morgan fingerprint density at radius 3 is 2.61 bits per heavy atom. The van der Waals surface area contributed by atoms with Crippen LogP contribution < -0.4 is 5.32 Å². The van der Waals surface area contributed by atoms with Crippen molar-refractivity contribution >= 4 is 23.2 Å². The highest BCUT2D eigenvalue weighted by molar-refractivity contribution is 6.42. The molecule has 1 unspecified atom stereocenters. The standard InChI is InChI=1S/C15H21Cl2N/c1-11(2)9-15(6-3-7-18-15)10-12-4-5-13(16)14(17)8-12/h4-5,8,11,18H,3,6-7,9-10H2,1-2H3. The SMILES string of the molecule is CC(C)CC1(Cc2ccc(Cl)c(Cl)c2)CCCN1. The molecule has 1 aliphatic rings. The Kier molecular flexibility index (Phi) is 4.58. The first-order chi connectivity index (χ1) is 8.51. The number of nitrogens with one attached hydrogen (secondary N) is 1. The van der Waals surface area contributed by atoms with E-state index in [9.17, 15) is 0 Å². The summed E-state index contributed by atoms with van der Waals surface area (Å²) in [6.45, 7) is 5.71. The number of hydrogen-bond acceptors (Lipinski definition) is 1. The largest absolute Gasteiger partial charge is 0.311 e. The molecule has 1 aromatic carbocycles. The number of benzene rings is 1. The van der Waals surface area contributed by atoms with Gasteiger partial charge in [-0.05, 0) is 55.8 Å². The van der Waals surface area contributed by atoms with Gasteiger partial charge in [0.2, 0.25) is 0 Å². The zero-order valence-corrected chi connectivity index (χ0v) is 12.6. The summed E-state index contributed by atoms with van der Waals surface area (Å²) in [6, 6.07) is 6.00. The van der Waals surface area contributed by atoms with Crippen molar-refractivity contribution in [2.24, 2.45) is 5.92 Å². The van der Waals surface area contributed by atoms with Gasteiger partial charge in [0.05, 0.1) is 10.0 Å². The van der Waals surface area contributed by atoms with Crippen LogP contribution in [-0.4, -0.2) is 12.1 Å². The Morgan fingerprint density at radius 2 is 2.06 bits per heavy atom. The van der Waals surface area contributed by atoms with E-state index >= 15 is 0 Å². The van der Waals surface area contributed by atoms with E-state index < -0.39 is 0 Å². The van der Waals surface area contributed by atoms with Gasteiger partial charge in [-0.2, -0.15) is 0 Å². The molecule has 100 valence electrons. The summed E-state index contributed by atoms with van der Waals surface area (Å²) in [7, 11) is 0. The van der Waals surface area contributed by atoms with Crippen LogP contribution in [-0.2, 0) is 6.42 Å². The lowest BCUT2D eigenvalue weighted by Crippen LogP contribution is -2.43. The van der Waals surface area contributed by atoms with E-state index in [2.05, 4.69) is 25.2 Å². The fraction of sp³-hybridized carbons (Fsp3) is 0.600. The maximum absolute atomic E-state index is 6.10.